The molecule has 16 heavy (non-hydrogen) atoms. The Hall–Kier alpha value is -0.780. The third-order valence-electron chi connectivity index (χ3n) is 3.52. The van der Waals surface area contributed by atoms with Gasteiger partial charge in [0.05, 0.1) is 0 Å². The summed E-state index contributed by atoms with van der Waals surface area (Å²) >= 11 is 0. The van der Waals surface area contributed by atoms with Gasteiger partial charge in [0.25, 0.3) is 0 Å². The molecular formula is C16H26. The molecular weight excluding hydrogens is 192 g/mol. The summed E-state index contributed by atoms with van der Waals surface area (Å²) in [4.78, 5) is 0. The molecule has 0 heterocycles. The van der Waals surface area contributed by atoms with E-state index in [1.165, 1.54) is 36.8 Å². The smallest absolute Gasteiger partial charge is 0.0103 e. The van der Waals surface area contributed by atoms with E-state index < -0.39 is 0 Å². The molecule has 0 spiro atoms. The highest BCUT2D eigenvalue weighted by Gasteiger charge is 2.19. The van der Waals surface area contributed by atoms with Crippen LogP contribution < -0.4 is 0 Å². The molecule has 1 aromatic rings. The molecule has 0 amide bonds. The molecule has 0 fully saturated rings. The summed E-state index contributed by atoms with van der Waals surface area (Å²) in [6, 6.07) is 9.10. The highest BCUT2D eigenvalue weighted by Crippen LogP contribution is 2.29. The zero-order valence-corrected chi connectivity index (χ0v) is 11.3. The van der Waals surface area contributed by atoms with E-state index in [0.29, 0.717) is 5.41 Å². The van der Waals surface area contributed by atoms with Crippen molar-refractivity contribution in [1.29, 1.82) is 0 Å². The maximum atomic E-state index is 2.38. The first-order valence-electron chi connectivity index (χ1n) is 6.69. The first kappa shape index (κ1) is 13.3. The van der Waals surface area contributed by atoms with E-state index in [2.05, 4.69) is 52.0 Å². The molecule has 0 aromatic heterocycles. The van der Waals surface area contributed by atoms with Crippen LogP contribution in [0.4, 0.5) is 0 Å². The minimum atomic E-state index is 0.334. The Labute approximate surface area is 101 Å². The Bertz CT molecular complexity index is 310. The molecule has 0 bridgehead atoms. The Balaban J connectivity index is 2.72. The van der Waals surface area contributed by atoms with Crippen LogP contribution in [0.5, 0.6) is 0 Å². The summed E-state index contributed by atoms with van der Waals surface area (Å²) in [5.41, 5.74) is 3.30. The lowest BCUT2D eigenvalue weighted by molar-refractivity contribution is 0.450. The van der Waals surface area contributed by atoms with Gasteiger partial charge in [-0.3, -0.25) is 0 Å². The van der Waals surface area contributed by atoms with Crippen molar-refractivity contribution in [3.8, 4) is 0 Å². The summed E-state index contributed by atoms with van der Waals surface area (Å²) in [7, 11) is 0. The number of aryl methyl sites for hydroxylation is 1. The topological polar surface area (TPSA) is 0 Å². The fraction of sp³-hybridized carbons (Fsp3) is 0.625. The monoisotopic (exact) mass is 218 g/mol. The van der Waals surface area contributed by atoms with Crippen molar-refractivity contribution in [1.82, 2.24) is 0 Å². The van der Waals surface area contributed by atoms with Crippen LogP contribution in [0.2, 0.25) is 0 Å². The van der Waals surface area contributed by atoms with Crippen molar-refractivity contribution in [2.75, 3.05) is 0 Å². The van der Waals surface area contributed by atoms with Crippen molar-refractivity contribution in [2.24, 2.45) is 0 Å². The van der Waals surface area contributed by atoms with Crippen molar-refractivity contribution < 1.29 is 0 Å². The Morgan fingerprint density at radius 2 is 1.81 bits per heavy atom. The third-order valence-corrected chi connectivity index (χ3v) is 3.52. The molecule has 1 aromatic carbocycles. The van der Waals surface area contributed by atoms with Crippen LogP contribution >= 0.6 is 0 Å². The van der Waals surface area contributed by atoms with Gasteiger partial charge in [-0.2, -0.15) is 0 Å². The zero-order valence-electron chi connectivity index (χ0n) is 11.3. The molecule has 1 rings (SSSR count). The zero-order chi connectivity index (χ0) is 12.0. The molecule has 0 N–H and O–H groups in total. The van der Waals surface area contributed by atoms with Gasteiger partial charge >= 0.3 is 0 Å². The largest absolute Gasteiger partial charge is 0.0654 e. The third kappa shape index (κ3) is 3.66. The van der Waals surface area contributed by atoms with Crippen LogP contribution in [-0.2, 0) is 11.8 Å². The van der Waals surface area contributed by atoms with E-state index >= 15 is 0 Å². The molecule has 0 saturated carbocycles. The lowest BCUT2D eigenvalue weighted by Crippen LogP contribution is -2.17. The van der Waals surface area contributed by atoms with Gasteiger partial charge < -0.3 is 0 Å². The maximum absolute atomic E-state index is 2.38. The second-order valence-corrected chi connectivity index (χ2v) is 5.39. The van der Waals surface area contributed by atoms with Crippen LogP contribution in [0.25, 0.3) is 0 Å². The van der Waals surface area contributed by atoms with Crippen molar-refractivity contribution >= 4 is 0 Å². The van der Waals surface area contributed by atoms with E-state index in [9.17, 15) is 0 Å². The van der Waals surface area contributed by atoms with Crippen LogP contribution in [0.15, 0.2) is 24.3 Å². The van der Waals surface area contributed by atoms with Gasteiger partial charge in [-0.05, 0) is 29.4 Å². The van der Waals surface area contributed by atoms with Gasteiger partial charge in [-0.25, -0.2) is 0 Å². The normalized spacial score (nSPS) is 11.8. The molecule has 0 nitrogen and oxygen atoms in total. The predicted octanol–water partition coefficient (Wildman–Crippen LogP) is 5.11. The minimum absolute atomic E-state index is 0.334. The quantitative estimate of drug-likeness (QED) is 0.582. The van der Waals surface area contributed by atoms with Crippen LogP contribution in [0.1, 0.15) is 64.5 Å². The van der Waals surface area contributed by atoms with Crippen molar-refractivity contribution in [2.45, 2.75) is 65.2 Å². The minimum Gasteiger partial charge on any atom is -0.0654 e. The molecule has 0 atom stereocenters. The Morgan fingerprint density at radius 1 is 1.06 bits per heavy atom. The molecule has 0 aliphatic carbocycles. The average molecular weight is 218 g/mol. The van der Waals surface area contributed by atoms with Crippen LogP contribution in [-0.4, -0.2) is 0 Å². The van der Waals surface area contributed by atoms with Gasteiger partial charge in [0.15, 0.2) is 0 Å². The average Bonchev–Trinajstić information content (AvgIpc) is 2.29. The van der Waals surface area contributed by atoms with E-state index in [1.807, 2.05) is 0 Å². The molecule has 0 heteroatoms. The summed E-state index contributed by atoms with van der Waals surface area (Å²) in [6.07, 6.45) is 6.45. The maximum Gasteiger partial charge on any atom is -0.0103 e. The van der Waals surface area contributed by atoms with Gasteiger partial charge in [-0.15, -0.1) is 0 Å². The van der Waals surface area contributed by atoms with E-state index in [0.717, 1.165) is 6.42 Å². The summed E-state index contributed by atoms with van der Waals surface area (Å²) < 4.78 is 0. The molecule has 0 radical (unpaired) electrons. The van der Waals surface area contributed by atoms with E-state index in [4.69, 9.17) is 0 Å². The van der Waals surface area contributed by atoms with E-state index in [-0.39, 0.29) is 0 Å². The molecule has 0 saturated heterocycles. The lowest BCUT2D eigenvalue weighted by Gasteiger charge is -2.25. The fourth-order valence-electron chi connectivity index (χ4n) is 2.17. The fourth-order valence-corrected chi connectivity index (χ4v) is 2.17. The number of rotatable bonds is 6. The predicted molar refractivity (Wildman–Crippen MR) is 73.0 cm³/mol. The van der Waals surface area contributed by atoms with Gasteiger partial charge in [0.1, 0.15) is 0 Å². The van der Waals surface area contributed by atoms with Gasteiger partial charge in [0, 0.05) is 0 Å². The summed E-state index contributed by atoms with van der Waals surface area (Å²) in [5.74, 6) is 0. The van der Waals surface area contributed by atoms with Crippen molar-refractivity contribution in [3.05, 3.63) is 35.4 Å². The SMILES string of the molecule is CCCCCC(C)(C)c1cccc(CC)c1. The van der Waals surface area contributed by atoms with E-state index in [1.54, 1.807) is 0 Å². The Kier molecular flexibility index (Phi) is 5.05. The van der Waals surface area contributed by atoms with Gasteiger partial charge in [-0.1, -0.05) is 71.2 Å². The molecule has 0 aliphatic rings. The Morgan fingerprint density at radius 3 is 2.44 bits per heavy atom. The second-order valence-electron chi connectivity index (χ2n) is 5.39. The number of benzene rings is 1. The standard InChI is InChI=1S/C16H26/c1-5-7-8-12-16(3,4)15-11-9-10-14(6-2)13-15/h9-11,13H,5-8,12H2,1-4H3. The summed E-state index contributed by atoms with van der Waals surface area (Å²) in [5, 5.41) is 0. The number of unbranched alkanes of at least 4 members (excludes halogenated alkanes) is 2. The first-order chi connectivity index (χ1) is 7.60. The van der Waals surface area contributed by atoms with Crippen molar-refractivity contribution in [3.63, 3.8) is 0 Å². The van der Waals surface area contributed by atoms with Crippen LogP contribution in [0, 0.1) is 0 Å². The lowest BCUT2D eigenvalue weighted by atomic mass is 9.79. The first-order valence-corrected chi connectivity index (χ1v) is 6.69. The molecule has 0 unspecified atom stereocenters. The molecule has 0 aliphatic heterocycles. The number of hydrogen-bond donors (Lipinski definition) is 0. The summed E-state index contributed by atoms with van der Waals surface area (Å²) in [6.45, 7) is 9.24. The highest BCUT2D eigenvalue weighted by atomic mass is 14.2. The van der Waals surface area contributed by atoms with Crippen LogP contribution in [0.3, 0.4) is 0 Å². The van der Waals surface area contributed by atoms with Gasteiger partial charge in [0.2, 0.25) is 0 Å². The number of hydrogen-bond acceptors (Lipinski definition) is 0. The highest BCUT2D eigenvalue weighted by molar-refractivity contribution is 5.29. The second kappa shape index (κ2) is 6.08. The molecule has 90 valence electrons.